The Morgan fingerprint density at radius 3 is 2.75 bits per heavy atom. The van der Waals surface area contributed by atoms with Crippen molar-refractivity contribution in [2.45, 2.75) is 13.3 Å². The van der Waals surface area contributed by atoms with E-state index in [0.717, 1.165) is 0 Å². The number of rotatable bonds is 4. The topological polar surface area (TPSA) is 63.2 Å². The first-order valence-electron chi connectivity index (χ1n) is 7.42. The fraction of sp³-hybridized carbons (Fsp3) is 0.158. The number of nitrogens with zero attached hydrogens (tertiary/aromatic N) is 1. The summed E-state index contributed by atoms with van der Waals surface area (Å²) in [5.41, 5.74) is 1.39. The molecule has 0 unspecified atom stereocenters. The number of aryl methyl sites for hydroxylation is 1. The maximum atomic E-state index is 13.6. The lowest BCUT2D eigenvalue weighted by molar-refractivity contribution is 0.103. The predicted octanol–water partition coefficient (Wildman–Crippen LogP) is 4.25. The Labute approximate surface area is 138 Å². The Hall–Kier alpha value is -3.13. The summed E-state index contributed by atoms with van der Waals surface area (Å²) in [5, 5.41) is 9.62. The highest BCUT2D eigenvalue weighted by atomic mass is 19.1. The van der Waals surface area contributed by atoms with E-state index >= 15 is 0 Å². The minimum atomic E-state index is -0.438. The molecule has 0 bridgehead atoms. The number of carbonyl (C=O) groups excluding carboxylic acids is 1. The zero-order valence-corrected chi connectivity index (χ0v) is 13.2. The van der Waals surface area contributed by atoms with Crippen LogP contribution in [0.25, 0.3) is 11.0 Å². The van der Waals surface area contributed by atoms with Gasteiger partial charge >= 0.3 is 0 Å². The lowest BCUT2D eigenvalue weighted by Crippen LogP contribution is -2.04. The second-order valence-corrected chi connectivity index (χ2v) is 5.25. The van der Waals surface area contributed by atoms with E-state index in [4.69, 9.17) is 9.15 Å². The molecule has 1 heterocycles. The fourth-order valence-electron chi connectivity index (χ4n) is 2.70. The Kier molecular flexibility index (Phi) is 4.05. The molecule has 3 aromatic rings. The Morgan fingerprint density at radius 2 is 2.08 bits per heavy atom. The smallest absolute Gasteiger partial charge is 0.197 e. The molecule has 3 rings (SSSR count). The van der Waals surface area contributed by atoms with Crippen LogP contribution >= 0.6 is 0 Å². The second kappa shape index (κ2) is 6.17. The molecule has 0 atom stereocenters. The zero-order chi connectivity index (χ0) is 17.3. The molecular weight excluding hydrogens is 309 g/mol. The summed E-state index contributed by atoms with van der Waals surface area (Å²) in [4.78, 5) is 12.9. The van der Waals surface area contributed by atoms with Gasteiger partial charge in [0, 0.05) is 17.4 Å². The number of ketones is 1. The third-order valence-corrected chi connectivity index (χ3v) is 3.85. The van der Waals surface area contributed by atoms with Crippen LogP contribution in [0.15, 0.2) is 40.8 Å². The number of ether oxygens (including phenoxy) is 1. The van der Waals surface area contributed by atoms with Crippen LogP contribution in [0.2, 0.25) is 0 Å². The van der Waals surface area contributed by atoms with E-state index in [9.17, 15) is 14.4 Å². The monoisotopic (exact) mass is 323 g/mol. The third kappa shape index (κ3) is 2.52. The normalized spacial score (nSPS) is 10.6. The Bertz CT molecular complexity index is 982. The Morgan fingerprint density at radius 1 is 1.29 bits per heavy atom. The standard InChI is InChI=1S/C19H14FNO3/c1-3-15-18(14-9-13(20)5-7-17(14)24-15)19(22)11-4-6-16(23-2)12(8-11)10-21/h4-9H,3H2,1-2H3. The minimum absolute atomic E-state index is 0.264. The SMILES string of the molecule is CCc1oc2ccc(F)cc2c1C(=O)c1ccc(OC)c(C#N)c1. The number of furan rings is 1. The first-order chi connectivity index (χ1) is 11.6. The lowest BCUT2D eigenvalue weighted by atomic mass is 9.98. The van der Waals surface area contributed by atoms with E-state index in [1.54, 1.807) is 12.1 Å². The largest absolute Gasteiger partial charge is 0.495 e. The van der Waals surface area contributed by atoms with Crippen LogP contribution in [0.5, 0.6) is 5.75 Å². The third-order valence-electron chi connectivity index (χ3n) is 3.85. The van der Waals surface area contributed by atoms with Gasteiger partial charge < -0.3 is 9.15 Å². The van der Waals surface area contributed by atoms with Crippen LogP contribution in [0.3, 0.4) is 0 Å². The van der Waals surface area contributed by atoms with Crippen molar-refractivity contribution in [1.82, 2.24) is 0 Å². The average Bonchev–Trinajstić information content (AvgIpc) is 2.98. The number of methoxy groups -OCH3 is 1. The summed E-state index contributed by atoms with van der Waals surface area (Å²) in [6.45, 7) is 1.86. The van der Waals surface area contributed by atoms with E-state index in [0.29, 0.717) is 40.0 Å². The van der Waals surface area contributed by atoms with Gasteiger partial charge in [-0.1, -0.05) is 6.92 Å². The Balaban J connectivity index is 2.18. The van der Waals surface area contributed by atoms with E-state index in [2.05, 4.69) is 0 Å². The molecule has 0 radical (unpaired) electrons. The van der Waals surface area contributed by atoms with E-state index < -0.39 is 5.82 Å². The van der Waals surface area contributed by atoms with Gasteiger partial charge in [-0.25, -0.2) is 4.39 Å². The molecule has 0 aliphatic heterocycles. The number of fused-ring (bicyclic) bond motifs is 1. The summed E-state index contributed by atoms with van der Waals surface area (Å²) >= 11 is 0. The van der Waals surface area contributed by atoms with Crippen molar-refractivity contribution in [3.05, 3.63) is 64.7 Å². The van der Waals surface area contributed by atoms with Crippen LogP contribution in [0.1, 0.15) is 34.2 Å². The maximum absolute atomic E-state index is 13.6. The van der Waals surface area contributed by atoms with Crippen LogP contribution < -0.4 is 4.74 Å². The van der Waals surface area contributed by atoms with Crippen molar-refractivity contribution in [3.63, 3.8) is 0 Å². The van der Waals surface area contributed by atoms with Gasteiger partial charge in [-0.05, 0) is 36.4 Å². The van der Waals surface area contributed by atoms with Crippen molar-refractivity contribution in [2.75, 3.05) is 7.11 Å². The molecular formula is C19H14FNO3. The molecule has 0 saturated carbocycles. The number of hydrogen-bond acceptors (Lipinski definition) is 4. The first-order valence-corrected chi connectivity index (χ1v) is 7.42. The van der Waals surface area contributed by atoms with Crippen molar-refractivity contribution in [1.29, 1.82) is 5.26 Å². The van der Waals surface area contributed by atoms with E-state index in [1.165, 1.54) is 31.4 Å². The summed E-state index contributed by atoms with van der Waals surface area (Å²) < 4.78 is 24.4. The molecule has 0 amide bonds. The maximum Gasteiger partial charge on any atom is 0.197 e. The molecule has 5 heteroatoms. The lowest BCUT2D eigenvalue weighted by Gasteiger charge is -2.06. The van der Waals surface area contributed by atoms with Gasteiger partial charge in [0.05, 0.1) is 18.2 Å². The second-order valence-electron chi connectivity index (χ2n) is 5.25. The molecule has 0 N–H and O–H groups in total. The molecule has 0 aliphatic rings. The quantitative estimate of drug-likeness (QED) is 0.674. The molecule has 120 valence electrons. The zero-order valence-electron chi connectivity index (χ0n) is 13.2. The highest BCUT2D eigenvalue weighted by molar-refractivity contribution is 6.17. The number of nitriles is 1. The molecule has 0 aliphatic carbocycles. The van der Waals surface area contributed by atoms with Gasteiger partial charge in [0.15, 0.2) is 5.78 Å². The van der Waals surface area contributed by atoms with E-state index in [-0.39, 0.29) is 11.3 Å². The van der Waals surface area contributed by atoms with Crippen LogP contribution in [-0.2, 0) is 6.42 Å². The summed E-state index contributed by atoms with van der Waals surface area (Å²) in [5.74, 6) is 0.144. The van der Waals surface area contributed by atoms with Gasteiger partial charge in [-0.3, -0.25) is 4.79 Å². The van der Waals surface area contributed by atoms with E-state index in [1.807, 2.05) is 13.0 Å². The highest BCUT2D eigenvalue weighted by Gasteiger charge is 2.22. The van der Waals surface area contributed by atoms with Crippen LogP contribution in [0.4, 0.5) is 4.39 Å². The minimum Gasteiger partial charge on any atom is -0.495 e. The highest BCUT2D eigenvalue weighted by Crippen LogP contribution is 2.30. The first kappa shape index (κ1) is 15.8. The number of hydrogen-bond donors (Lipinski definition) is 0. The molecule has 0 spiro atoms. The van der Waals surface area contributed by atoms with Gasteiger partial charge in [0.2, 0.25) is 0 Å². The molecule has 4 nitrogen and oxygen atoms in total. The summed E-state index contributed by atoms with van der Waals surface area (Å²) in [6.07, 6.45) is 0.499. The van der Waals surface area contributed by atoms with Gasteiger partial charge in [0.1, 0.15) is 29.0 Å². The van der Waals surface area contributed by atoms with Crippen LogP contribution in [0, 0.1) is 17.1 Å². The predicted molar refractivity (Wildman–Crippen MR) is 86.7 cm³/mol. The van der Waals surface area contributed by atoms with Crippen molar-refractivity contribution in [3.8, 4) is 11.8 Å². The van der Waals surface area contributed by atoms with Crippen molar-refractivity contribution >= 4 is 16.8 Å². The molecule has 24 heavy (non-hydrogen) atoms. The van der Waals surface area contributed by atoms with Gasteiger partial charge in [-0.2, -0.15) is 5.26 Å². The van der Waals surface area contributed by atoms with Gasteiger partial charge in [-0.15, -0.1) is 0 Å². The summed E-state index contributed by atoms with van der Waals surface area (Å²) in [6, 6.07) is 10.7. The van der Waals surface area contributed by atoms with Crippen molar-refractivity contribution in [2.24, 2.45) is 0 Å². The van der Waals surface area contributed by atoms with Crippen molar-refractivity contribution < 1.29 is 18.3 Å². The molecule has 2 aromatic carbocycles. The fourth-order valence-corrected chi connectivity index (χ4v) is 2.70. The van der Waals surface area contributed by atoms with Crippen LogP contribution in [-0.4, -0.2) is 12.9 Å². The summed E-state index contributed by atoms with van der Waals surface area (Å²) in [7, 11) is 1.46. The average molecular weight is 323 g/mol. The molecule has 0 fully saturated rings. The molecule has 0 saturated heterocycles. The van der Waals surface area contributed by atoms with Gasteiger partial charge in [0.25, 0.3) is 0 Å². The molecule has 1 aromatic heterocycles. The number of carbonyl (C=O) groups is 1. The number of halogens is 1. The number of benzene rings is 2.